The Morgan fingerprint density at radius 1 is 1.03 bits per heavy atom. The number of alkyl halides is 3. The SMILES string of the molecule is O=C(NC(c1ccccc1)C(F)(F)F)c1nn(-c2ccccc2F)c2c1CCC2. The summed E-state index contributed by atoms with van der Waals surface area (Å²) >= 11 is 0. The lowest BCUT2D eigenvalue weighted by atomic mass is 10.1. The van der Waals surface area contributed by atoms with Crippen molar-refractivity contribution in [2.75, 3.05) is 0 Å². The van der Waals surface area contributed by atoms with Gasteiger partial charge in [-0.25, -0.2) is 9.07 Å². The molecule has 1 amide bonds. The summed E-state index contributed by atoms with van der Waals surface area (Å²) in [5, 5.41) is 6.25. The van der Waals surface area contributed by atoms with E-state index in [2.05, 4.69) is 10.4 Å². The van der Waals surface area contributed by atoms with Crippen LogP contribution in [0, 0.1) is 5.82 Å². The molecule has 4 nitrogen and oxygen atoms in total. The second-order valence-corrected chi connectivity index (χ2v) is 6.85. The van der Waals surface area contributed by atoms with E-state index in [1.807, 2.05) is 0 Å². The van der Waals surface area contributed by atoms with Crippen LogP contribution >= 0.6 is 0 Å². The Morgan fingerprint density at radius 2 is 1.72 bits per heavy atom. The second-order valence-electron chi connectivity index (χ2n) is 6.85. The van der Waals surface area contributed by atoms with Crippen LogP contribution in [0.1, 0.15) is 39.8 Å². The molecule has 3 aromatic rings. The minimum absolute atomic E-state index is 0.0708. The highest BCUT2D eigenvalue weighted by Gasteiger charge is 2.42. The number of para-hydroxylation sites is 1. The fraction of sp³-hybridized carbons (Fsp3) is 0.238. The maximum Gasteiger partial charge on any atom is 0.412 e. The van der Waals surface area contributed by atoms with E-state index in [-0.39, 0.29) is 16.9 Å². The average molecular weight is 403 g/mol. The maximum atomic E-state index is 14.2. The van der Waals surface area contributed by atoms with Crippen LogP contribution in [-0.2, 0) is 12.8 Å². The van der Waals surface area contributed by atoms with Crippen LogP contribution in [0.2, 0.25) is 0 Å². The Balaban J connectivity index is 1.71. The quantitative estimate of drug-likeness (QED) is 0.651. The van der Waals surface area contributed by atoms with E-state index in [0.29, 0.717) is 24.1 Å². The molecule has 1 atom stereocenters. The Kier molecular flexibility index (Phi) is 4.86. The third-order valence-electron chi connectivity index (χ3n) is 4.96. The first-order valence-corrected chi connectivity index (χ1v) is 9.14. The second kappa shape index (κ2) is 7.35. The van der Waals surface area contributed by atoms with Gasteiger partial charge >= 0.3 is 6.18 Å². The molecule has 1 unspecified atom stereocenters. The minimum atomic E-state index is -4.67. The first-order chi connectivity index (χ1) is 13.9. The van der Waals surface area contributed by atoms with Crippen molar-refractivity contribution in [2.45, 2.75) is 31.5 Å². The van der Waals surface area contributed by atoms with Gasteiger partial charge in [0.25, 0.3) is 5.91 Å². The zero-order valence-corrected chi connectivity index (χ0v) is 15.2. The summed E-state index contributed by atoms with van der Waals surface area (Å²) in [4.78, 5) is 12.8. The van der Waals surface area contributed by atoms with E-state index in [9.17, 15) is 22.4 Å². The molecular weight excluding hydrogens is 386 g/mol. The molecule has 0 radical (unpaired) electrons. The number of nitrogens with zero attached hydrogens (tertiary/aromatic N) is 2. The van der Waals surface area contributed by atoms with Crippen molar-refractivity contribution in [1.29, 1.82) is 0 Å². The number of halogens is 4. The first-order valence-electron chi connectivity index (χ1n) is 9.14. The molecule has 0 fully saturated rings. The average Bonchev–Trinajstić information content (AvgIpc) is 3.29. The van der Waals surface area contributed by atoms with Gasteiger partial charge in [-0.15, -0.1) is 0 Å². The van der Waals surface area contributed by atoms with Crippen molar-refractivity contribution in [3.63, 3.8) is 0 Å². The number of carbonyl (C=O) groups is 1. The predicted octanol–water partition coefficient (Wildman–Crippen LogP) is 4.53. The Bertz CT molecular complexity index is 1040. The molecule has 2 aromatic carbocycles. The molecule has 0 aliphatic heterocycles. The van der Waals surface area contributed by atoms with Crippen LogP contribution in [0.5, 0.6) is 0 Å². The van der Waals surface area contributed by atoms with Crippen molar-refractivity contribution in [3.8, 4) is 5.69 Å². The van der Waals surface area contributed by atoms with Gasteiger partial charge in [-0.1, -0.05) is 42.5 Å². The molecule has 0 spiro atoms. The molecule has 1 aromatic heterocycles. The number of fused-ring (bicyclic) bond motifs is 1. The number of hydrogen-bond acceptors (Lipinski definition) is 2. The summed E-state index contributed by atoms with van der Waals surface area (Å²) < 4.78 is 56.3. The molecular formula is C21H17F4N3O. The lowest BCUT2D eigenvalue weighted by Crippen LogP contribution is -2.38. The lowest BCUT2D eigenvalue weighted by molar-refractivity contribution is -0.155. The Hall–Kier alpha value is -3.16. The van der Waals surface area contributed by atoms with Gasteiger partial charge in [-0.3, -0.25) is 4.79 Å². The van der Waals surface area contributed by atoms with Crippen LogP contribution in [0.3, 0.4) is 0 Å². The number of nitrogens with one attached hydrogen (secondary N) is 1. The molecule has 0 saturated carbocycles. The van der Waals surface area contributed by atoms with Crippen LogP contribution in [0.25, 0.3) is 5.69 Å². The Labute approximate surface area is 164 Å². The monoisotopic (exact) mass is 403 g/mol. The summed E-state index contributed by atoms with van der Waals surface area (Å²) in [5.74, 6) is -1.45. The number of carbonyl (C=O) groups excluding carboxylic acids is 1. The Morgan fingerprint density at radius 3 is 2.41 bits per heavy atom. The van der Waals surface area contributed by atoms with E-state index >= 15 is 0 Å². The summed E-state index contributed by atoms with van der Waals surface area (Å²) in [6.45, 7) is 0. The van der Waals surface area contributed by atoms with Crippen molar-refractivity contribution in [3.05, 3.63) is 82.9 Å². The van der Waals surface area contributed by atoms with E-state index < -0.39 is 23.9 Å². The smallest absolute Gasteiger partial charge is 0.335 e. The highest BCUT2D eigenvalue weighted by molar-refractivity contribution is 5.94. The molecule has 150 valence electrons. The van der Waals surface area contributed by atoms with Crippen molar-refractivity contribution >= 4 is 5.91 Å². The zero-order valence-electron chi connectivity index (χ0n) is 15.2. The van der Waals surface area contributed by atoms with Gasteiger partial charge < -0.3 is 5.32 Å². The van der Waals surface area contributed by atoms with Crippen LogP contribution in [0.4, 0.5) is 17.6 Å². The van der Waals surface area contributed by atoms with Crippen molar-refractivity contribution in [1.82, 2.24) is 15.1 Å². The first kappa shape index (κ1) is 19.2. The minimum Gasteiger partial charge on any atom is -0.335 e. The lowest BCUT2D eigenvalue weighted by Gasteiger charge is -2.21. The number of rotatable bonds is 4. The number of amides is 1. The van der Waals surface area contributed by atoms with Crippen LogP contribution in [-0.4, -0.2) is 21.9 Å². The fourth-order valence-electron chi connectivity index (χ4n) is 3.64. The van der Waals surface area contributed by atoms with Gasteiger partial charge in [-0.05, 0) is 37.0 Å². The number of benzene rings is 2. The topological polar surface area (TPSA) is 46.9 Å². The third kappa shape index (κ3) is 3.62. The van der Waals surface area contributed by atoms with Crippen molar-refractivity contribution < 1.29 is 22.4 Å². The number of aromatic nitrogens is 2. The van der Waals surface area contributed by atoms with Gasteiger partial charge in [0, 0.05) is 11.3 Å². The van der Waals surface area contributed by atoms with Gasteiger partial charge in [-0.2, -0.15) is 18.3 Å². The van der Waals surface area contributed by atoms with E-state index in [4.69, 9.17) is 0 Å². The molecule has 0 saturated heterocycles. The fourth-order valence-corrected chi connectivity index (χ4v) is 3.64. The summed E-state index contributed by atoms with van der Waals surface area (Å²) in [6.07, 6.45) is -2.86. The zero-order chi connectivity index (χ0) is 20.6. The molecule has 1 aliphatic rings. The largest absolute Gasteiger partial charge is 0.412 e. The van der Waals surface area contributed by atoms with Crippen LogP contribution < -0.4 is 5.32 Å². The third-order valence-corrected chi connectivity index (χ3v) is 4.96. The van der Waals surface area contributed by atoms with Crippen LogP contribution in [0.15, 0.2) is 54.6 Å². The molecule has 1 heterocycles. The molecule has 1 aliphatic carbocycles. The molecule has 1 N–H and O–H groups in total. The van der Waals surface area contributed by atoms with E-state index in [0.717, 1.165) is 6.42 Å². The van der Waals surface area contributed by atoms with Gasteiger partial charge in [0.15, 0.2) is 11.7 Å². The highest BCUT2D eigenvalue weighted by Crippen LogP contribution is 2.34. The summed E-state index contributed by atoms with van der Waals surface area (Å²) in [6, 6.07) is 11.0. The number of hydrogen-bond donors (Lipinski definition) is 1. The van der Waals surface area contributed by atoms with E-state index in [1.165, 1.54) is 47.1 Å². The summed E-state index contributed by atoms with van der Waals surface area (Å²) in [5.41, 5.74) is 1.23. The molecule has 29 heavy (non-hydrogen) atoms. The van der Waals surface area contributed by atoms with Gasteiger partial charge in [0.1, 0.15) is 11.5 Å². The highest BCUT2D eigenvalue weighted by atomic mass is 19.4. The molecule has 8 heteroatoms. The maximum absolute atomic E-state index is 14.2. The normalized spacial score (nSPS) is 14.5. The predicted molar refractivity (Wildman–Crippen MR) is 98.3 cm³/mol. The summed E-state index contributed by atoms with van der Waals surface area (Å²) in [7, 11) is 0. The van der Waals surface area contributed by atoms with Gasteiger partial charge in [0.05, 0.1) is 0 Å². The standard InChI is InChI=1S/C21H17F4N3O/c22-15-10-4-5-11-17(15)28-16-12-6-9-14(16)18(27-28)20(29)26-19(21(23,24)25)13-7-2-1-3-8-13/h1-5,7-8,10-11,19H,6,9,12H2,(H,26,29). The molecule has 0 bridgehead atoms. The van der Waals surface area contributed by atoms with Crippen molar-refractivity contribution in [2.24, 2.45) is 0 Å². The van der Waals surface area contributed by atoms with Gasteiger partial charge in [0.2, 0.25) is 0 Å². The van der Waals surface area contributed by atoms with E-state index in [1.54, 1.807) is 12.1 Å². The molecule has 4 rings (SSSR count).